The molecular formula is C27H33N6O4S. The van der Waals surface area contributed by atoms with Crippen LogP contribution in [0.4, 0.5) is 9.93 Å². The molecule has 1 aliphatic rings. The van der Waals surface area contributed by atoms with Gasteiger partial charge in [0.2, 0.25) is 6.29 Å². The molecule has 0 unspecified atom stereocenters. The molecule has 0 spiro atoms. The van der Waals surface area contributed by atoms with Crippen LogP contribution in [0.5, 0.6) is 0 Å². The van der Waals surface area contributed by atoms with Crippen LogP contribution in [0.1, 0.15) is 67.8 Å². The standard InChI is InChI=1S/C27H33N6O4S/c1-16(2)11-21(14-34)33(24(35)19-6-5-18-9-10-31(23(18)12-19)26(37)30-28)25(36)22-15-38-27(29-22)32(13-17(3)4)20-7-8-20/h5-6,9-10,12,15-17,20-21H,7-8,11,13,28H2,1-4H3,(H,30,37)/t21-/m0/s1. The Balaban J connectivity index is 1.71. The molecule has 4 rings (SSSR count). The van der Waals surface area contributed by atoms with E-state index in [1.54, 1.807) is 23.6 Å². The number of rotatable bonds is 10. The number of nitrogens with zero attached hydrogens (tertiary/aromatic N) is 4. The van der Waals surface area contributed by atoms with E-state index < -0.39 is 23.9 Å². The Morgan fingerprint density at radius 1 is 1.16 bits per heavy atom. The van der Waals surface area contributed by atoms with Crippen LogP contribution in [0.25, 0.3) is 10.9 Å². The lowest BCUT2D eigenvalue weighted by atomic mass is 10.0. The van der Waals surface area contributed by atoms with Crippen molar-refractivity contribution in [2.24, 2.45) is 17.7 Å². The van der Waals surface area contributed by atoms with E-state index in [-0.39, 0.29) is 23.6 Å². The van der Waals surface area contributed by atoms with Gasteiger partial charge in [-0.1, -0.05) is 33.8 Å². The number of imide groups is 1. The molecule has 201 valence electrons. The average molecular weight is 538 g/mol. The number of nitrogen functional groups attached to an aromatic ring is 1. The smallest absolute Gasteiger partial charge is 0.340 e. The molecule has 3 N–H and O–H groups in total. The fourth-order valence-electron chi connectivity index (χ4n) is 4.46. The predicted octanol–water partition coefficient (Wildman–Crippen LogP) is 3.96. The lowest BCUT2D eigenvalue weighted by Crippen LogP contribution is -2.46. The molecule has 3 amide bonds. The molecule has 1 saturated carbocycles. The van der Waals surface area contributed by atoms with Gasteiger partial charge in [0.15, 0.2) is 5.13 Å². The summed E-state index contributed by atoms with van der Waals surface area (Å²) in [5, 5.41) is 3.09. The summed E-state index contributed by atoms with van der Waals surface area (Å²) < 4.78 is 1.27. The van der Waals surface area contributed by atoms with Crippen molar-refractivity contribution in [2.45, 2.75) is 59.0 Å². The summed E-state index contributed by atoms with van der Waals surface area (Å²) in [5.41, 5.74) is 2.77. The number of aromatic nitrogens is 2. The van der Waals surface area contributed by atoms with Crippen molar-refractivity contribution in [3.05, 3.63) is 47.1 Å². The number of amides is 3. The zero-order valence-corrected chi connectivity index (χ0v) is 22.8. The first-order valence-electron chi connectivity index (χ1n) is 12.7. The number of hydrogen-bond acceptors (Lipinski definition) is 8. The third kappa shape index (κ3) is 5.78. The number of hydrogen-bond donors (Lipinski definition) is 2. The summed E-state index contributed by atoms with van der Waals surface area (Å²) in [6, 6.07) is 5.20. The van der Waals surface area contributed by atoms with Gasteiger partial charge < -0.3 is 4.90 Å². The van der Waals surface area contributed by atoms with Gasteiger partial charge in [-0.05, 0) is 49.3 Å². The van der Waals surface area contributed by atoms with Crippen molar-refractivity contribution in [3.63, 3.8) is 0 Å². The van der Waals surface area contributed by atoms with Crippen molar-refractivity contribution >= 4 is 51.5 Å². The molecule has 2 heterocycles. The molecular weight excluding hydrogens is 504 g/mol. The SMILES string of the molecule is CC(C)C[C@@H]([C]=O)N(C(=O)c1ccc2ccn(C(=O)NN)c2c1)C(=O)c1csc(N(CC(C)C)C2CC2)n1. The predicted molar refractivity (Wildman–Crippen MR) is 147 cm³/mol. The fourth-order valence-corrected chi connectivity index (χ4v) is 5.34. The summed E-state index contributed by atoms with van der Waals surface area (Å²) in [7, 11) is 0. The normalized spacial score (nSPS) is 14.1. The Morgan fingerprint density at radius 3 is 2.50 bits per heavy atom. The van der Waals surface area contributed by atoms with Crippen LogP contribution >= 0.6 is 11.3 Å². The van der Waals surface area contributed by atoms with Crippen LogP contribution in [0.2, 0.25) is 0 Å². The summed E-state index contributed by atoms with van der Waals surface area (Å²) in [4.78, 5) is 59.6. The second-order valence-electron chi connectivity index (χ2n) is 10.4. The zero-order chi connectivity index (χ0) is 27.6. The van der Waals surface area contributed by atoms with E-state index in [9.17, 15) is 19.2 Å². The van der Waals surface area contributed by atoms with Crippen LogP contribution < -0.4 is 16.2 Å². The number of carbonyl (C=O) groups excluding carboxylic acids is 4. The van der Waals surface area contributed by atoms with Gasteiger partial charge in [-0.2, -0.15) is 0 Å². The third-order valence-corrected chi connectivity index (χ3v) is 7.25. The second kappa shape index (κ2) is 11.4. The molecule has 3 aromatic rings. The van der Waals surface area contributed by atoms with Crippen LogP contribution in [-0.2, 0) is 4.79 Å². The van der Waals surface area contributed by atoms with Gasteiger partial charge in [0, 0.05) is 35.1 Å². The van der Waals surface area contributed by atoms with Crippen molar-refractivity contribution in [1.82, 2.24) is 19.9 Å². The summed E-state index contributed by atoms with van der Waals surface area (Å²) in [5.74, 6) is 4.42. The minimum absolute atomic E-state index is 0.0277. The Hall–Kier alpha value is -3.57. The maximum absolute atomic E-state index is 13.8. The topological polar surface area (TPSA) is 131 Å². The first-order valence-corrected chi connectivity index (χ1v) is 13.6. The molecule has 0 saturated heterocycles. The van der Waals surface area contributed by atoms with E-state index in [1.807, 2.05) is 20.1 Å². The summed E-state index contributed by atoms with van der Waals surface area (Å²) in [6.45, 7) is 8.90. The number of anilines is 1. The van der Waals surface area contributed by atoms with E-state index in [1.165, 1.54) is 28.2 Å². The van der Waals surface area contributed by atoms with E-state index in [4.69, 9.17) is 5.84 Å². The highest BCUT2D eigenvalue weighted by Crippen LogP contribution is 2.34. The van der Waals surface area contributed by atoms with Gasteiger partial charge >= 0.3 is 6.03 Å². The molecule has 2 aromatic heterocycles. The van der Waals surface area contributed by atoms with Gasteiger partial charge in [0.1, 0.15) is 11.7 Å². The number of fused-ring (bicyclic) bond motifs is 1. The molecule has 10 nitrogen and oxygen atoms in total. The monoisotopic (exact) mass is 537 g/mol. The quantitative estimate of drug-likeness (QED) is 0.173. The number of benzene rings is 1. The van der Waals surface area contributed by atoms with E-state index in [0.29, 0.717) is 22.9 Å². The average Bonchev–Trinajstić information content (AvgIpc) is 3.45. The number of nitrogens with one attached hydrogen (secondary N) is 1. The maximum Gasteiger partial charge on any atom is 0.340 e. The number of hydrazine groups is 1. The molecule has 1 atom stereocenters. The highest BCUT2D eigenvalue weighted by atomic mass is 32.1. The van der Waals surface area contributed by atoms with Crippen LogP contribution in [0.3, 0.4) is 0 Å². The lowest BCUT2D eigenvalue weighted by molar-refractivity contribution is 0.0569. The fraction of sp³-hybridized carbons (Fsp3) is 0.444. The van der Waals surface area contributed by atoms with Gasteiger partial charge in [-0.3, -0.25) is 29.3 Å². The maximum atomic E-state index is 13.8. The largest absolute Gasteiger partial charge is 0.345 e. The molecule has 1 aromatic carbocycles. The first-order chi connectivity index (χ1) is 18.1. The van der Waals surface area contributed by atoms with Crippen molar-refractivity contribution < 1.29 is 19.2 Å². The molecule has 0 aliphatic heterocycles. The molecule has 11 heteroatoms. The highest BCUT2D eigenvalue weighted by molar-refractivity contribution is 7.14. The van der Waals surface area contributed by atoms with Crippen LogP contribution in [-0.4, -0.2) is 57.2 Å². The Morgan fingerprint density at radius 2 is 1.89 bits per heavy atom. The third-order valence-electron chi connectivity index (χ3n) is 6.37. The van der Waals surface area contributed by atoms with E-state index >= 15 is 0 Å². The van der Waals surface area contributed by atoms with Gasteiger partial charge in [0.05, 0.1) is 5.52 Å². The lowest BCUT2D eigenvalue weighted by Gasteiger charge is -2.27. The second-order valence-corrected chi connectivity index (χ2v) is 11.3. The van der Waals surface area contributed by atoms with Crippen LogP contribution in [0.15, 0.2) is 35.8 Å². The minimum atomic E-state index is -1.09. The zero-order valence-electron chi connectivity index (χ0n) is 22.0. The van der Waals surface area contributed by atoms with E-state index in [0.717, 1.165) is 29.4 Å². The minimum Gasteiger partial charge on any atom is -0.345 e. The summed E-state index contributed by atoms with van der Waals surface area (Å²) >= 11 is 1.36. The van der Waals surface area contributed by atoms with E-state index in [2.05, 4.69) is 29.2 Å². The number of nitrogens with two attached hydrogens (primary N) is 1. The van der Waals surface area contributed by atoms with Crippen molar-refractivity contribution in [2.75, 3.05) is 11.4 Å². The molecule has 38 heavy (non-hydrogen) atoms. The van der Waals surface area contributed by atoms with Gasteiger partial charge in [-0.25, -0.2) is 15.6 Å². The molecule has 1 fully saturated rings. The van der Waals surface area contributed by atoms with Gasteiger partial charge in [-0.15, -0.1) is 11.3 Å². The van der Waals surface area contributed by atoms with Gasteiger partial charge in [0.25, 0.3) is 11.8 Å². The number of carbonyl (C=O) groups is 3. The first kappa shape index (κ1) is 27.5. The molecule has 1 radical (unpaired) electrons. The number of thiazole rings is 1. The summed E-state index contributed by atoms with van der Waals surface area (Å²) in [6.07, 6.45) is 5.87. The molecule has 1 aliphatic carbocycles. The van der Waals surface area contributed by atoms with Crippen molar-refractivity contribution in [1.29, 1.82) is 0 Å². The highest BCUT2D eigenvalue weighted by Gasteiger charge is 2.36. The Labute approximate surface area is 225 Å². The van der Waals surface area contributed by atoms with Crippen molar-refractivity contribution in [3.8, 4) is 0 Å². The van der Waals surface area contributed by atoms with Crippen LogP contribution in [0, 0.1) is 11.8 Å². The Bertz CT molecular complexity index is 1340. The Kier molecular flexibility index (Phi) is 8.27. The molecule has 0 bridgehead atoms.